The molecule has 0 aliphatic heterocycles. The van der Waals surface area contributed by atoms with Crippen molar-refractivity contribution in [1.29, 1.82) is 0 Å². The van der Waals surface area contributed by atoms with Crippen LogP contribution in [-0.2, 0) is 4.74 Å². The Morgan fingerprint density at radius 2 is 1.90 bits per heavy atom. The van der Waals surface area contributed by atoms with Crippen LogP contribution in [0.25, 0.3) is 11.0 Å². The molecule has 1 heterocycles. The molecule has 0 spiro atoms. The van der Waals surface area contributed by atoms with Crippen LogP contribution < -0.4 is 10.4 Å². The second-order valence-electron chi connectivity index (χ2n) is 5.68. The molecule has 29 heavy (non-hydrogen) atoms. The number of fused-ring (bicyclic) bond motifs is 1. The van der Waals surface area contributed by atoms with Crippen LogP contribution in [0.15, 0.2) is 51.7 Å². The number of hydrogen-bond acceptors (Lipinski definition) is 8. The Hall–Kier alpha value is -3.72. The van der Waals surface area contributed by atoms with Gasteiger partial charge in [0.25, 0.3) is 5.69 Å². The number of benzene rings is 2. The highest BCUT2D eigenvalue weighted by atomic mass is 35.5. The summed E-state index contributed by atoms with van der Waals surface area (Å²) in [6, 6.07) is 8.99. The minimum atomic E-state index is -0.896. The van der Waals surface area contributed by atoms with Crippen LogP contribution in [0.1, 0.15) is 27.6 Å². The van der Waals surface area contributed by atoms with E-state index >= 15 is 0 Å². The predicted octanol–water partition coefficient (Wildman–Crippen LogP) is 3.75. The lowest BCUT2D eigenvalue weighted by atomic mass is 10.1. The molecule has 0 radical (unpaired) electrons. The van der Waals surface area contributed by atoms with Crippen LogP contribution in [0.5, 0.6) is 5.75 Å². The summed E-state index contributed by atoms with van der Waals surface area (Å²) < 4.78 is 15.1. The van der Waals surface area contributed by atoms with Crippen molar-refractivity contribution < 1.29 is 28.4 Å². The molecular formula is C19H12ClNO8. The molecule has 0 aliphatic carbocycles. The Kier molecular flexibility index (Phi) is 5.60. The molecule has 10 heteroatoms. The minimum Gasteiger partial charge on any atom is -0.462 e. The van der Waals surface area contributed by atoms with Gasteiger partial charge < -0.3 is 13.9 Å². The van der Waals surface area contributed by atoms with E-state index in [1.165, 1.54) is 36.4 Å². The van der Waals surface area contributed by atoms with Crippen LogP contribution in [0.3, 0.4) is 0 Å². The molecule has 148 valence electrons. The fourth-order valence-electron chi connectivity index (χ4n) is 2.45. The van der Waals surface area contributed by atoms with Crippen molar-refractivity contribution in [1.82, 2.24) is 0 Å². The van der Waals surface area contributed by atoms with E-state index in [0.29, 0.717) is 5.39 Å². The number of carbonyl (C=O) groups excluding carboxylic acids is 2. The third-order valence-electron chi connectivity index (χ3n) is 3.79. The van der Waals surface area contributed by atoms with Crippen LogP contribution in [0, 0.1) is 10.1 Å². The lowest BCUT2D eigenvalue weighted by molar-refractivity contribution is -0.384. The van der Waals surface area contributed by atoms with Gasteiger partial charge in [0.1, 0.15) is 21.9 Å². The van der Waals surface area contributed by atoms with Gasteiger partial charge in [-0.2, -0.15) is 0 Å². The largest absolute Gasteiger partial charge is 0.462 e. The van der Waals surface area contributed by atoms with Crippen molar-refractivity contribution in [3.05, 3.63) is 79.1 Å². The standard InChI is InChI=1S/C19H12ClNO8/c1-2-27-18(23)13-7-10-3-5-12(9-16(10)29-19(13)24)28-17(22)11-4-6-14(20)15(8-11)21(25)26/h3-9H,2H2,1H3. The van der Waals surface area contributed by atoms with Crippen molar-refractivity contribution in [2.24, 2.45) is 0 Å². The SMILES string of the molecule is CCOC(=O)c1cc2ccc(OC(=O)c3ccc(Cl)c([N+](=O)[O-])c3)cc2oc1=O. The van der Waals surface area contributed by atoms with E-state index in [-0.39, 0.29) is 34.1 Å². The highest BCUT2D eigenvalue weighted by Gasteiger charge is 2.19. The number of nitro benzene ring substituents is 1. The lowest BCUT2D eigenvalue weighted by Gasteiger charge is -2.06. The second-order valence-corrected chi connectivity index (χ2v) is 6.09. The molecular weight excluding hydrogens is 406 g/mol. The Morgan fingerprint density at radius 3 is 2.59 bits per heavy atom. The summed E-state index contributed by atoms with van der Waals surface area (Å²) in [5.41, 5.74) is -1.59. The van der Waals surface area contributed by atoms with Crippen LogP contribution in [-0.4, -0.2) is 23.5 Å². The lowest BCUT2D eigenvalue weighted by Crippen LogP contribution is -2.16. The van der Waals surface area contributed by atoms with Crippen molar-refractivity contribution >= 4 is 40.2 Å². The van der Waals surface area contributed by atoms with E-state index in [4.69, 9.17) is 25.5 Å². The number of hydrogen-bond donors (Lipinski definition) is 0. The molecule has 0 amide bonds. The van der Waals surface area contributed by atoms with E-state index in [2.05, 4.69) is 0 Å². The fraction of sp³-hybridized carbons (Fsp3) is 0.105. The number of nitrogens with zero attached hydrogens (tertiary/aromatic N) is 1. The second kappa shape index (κ2) is 8.11. The summed E-state index contributed by atoms with van der Waals surface area (Å²) in [4.78, 5) is 46.3. The Labute approximate surface area is 167 Å². The molecule has 3 rings (SSSR count). The Bertz CT molecular complexity index is 1200. The number of esters is 2. The van der Waals surface area contributed by atoms with E-state index < -0.39 is 28.2 Å². The molecule has 0 unspecified atom stereocenters. The molecule has 3 aromatic rings. The van der Waals surface area contributed by atoms with E-state index in [1.807, 2.05) is 0 Å². The van der Waals surface area contributed by atoms with E-state index in [9.17, 15) is 24.5 Å². The van der Waals surface area contributed by atoms with Gasteiger partial charge in [-0.05, 0) is 37.3 Å². The number of halogens is 1. The third kappa shape index (κ3) is 4.25. The zero-order chi connectivity index (χ0) is 21.1. The Morgan fingerprint density at radius 1 is 1.14 bits per heavy atom. The highest BCUT2D eigenvalue weighted by Crippen LogP contribution is 2.26. The summed E-state index contributed by atoms with van der Waals surface area (Å²) in [6.45, 7) is 1.71. The Balaban J connectivity index is 1.89. The molecule has 9 nitrogen and oxygen atoms in total. The zero-order valence-electron chi connectivity index (χ0n) is 14.8. The van der Waals surface area contributed by atoms with Crippen LogP contribution in [0.4, 0.5) is 5.69 Å². The summed E-state index contributed by atoms with van der Waals surface area (Å²) in [5, 5.41) is 11.2. The molecule has 0 atom stereocenters. The number of nitro groups is 1. The summed E-state index contributed by atoms with van der Waals surface area (Å²) >= 11 is 5.72. The molecule has 0 saturated carbocycles. The predicted molar refractivity (Wildman–Crippen MR) is 102 cm³/mol. The first-order valence-corrected chi connectivity index (χ1v) is 8.59. The number of rotatable bonds is 5. The first-order chi connectivity index (χ1) is 13.8. The summed E-state index contributed by atoms with van der Waals surface area (Å²) in [5.74, 6) is -1.63. The molecule has 0 aliphatic rings. The van der Waals surface area contributed by atoms with Gasteiger partial charge in [0.2, 0.25) is 0 Å². The van der Waals surface area contributed by atoms with Crippen molar-refractivity contribution in [3.8, 4) is 5.75 Å². The quantitative estimate of drug-likeness (QED) is 0.202. The maximum absolute atomic E-state index is 12.3. The van der Waals surface area contributed by atoms with Gasteiger partial charge in [-0.1, -0.05) is 11.6 Å². The smallest absolute Gasteiger partial charge is 0.351 e. The van der Waals surface area contributed by atoms with Crippen molar-refractivity contribution in [3.63, 3.8) is 0 Å². The summed E-state index contributed by atoms with van der Waals surface area (Å²) in [7, 11) is 0. The normalized spacial score (nSPS) is 10.6. The van der Waals surface area contributed by atoms with Gasteiger partial charge in [-0.3, -0.25) is 10.1 Å². The zero-order valence-corrected chi connectivity index (χ0v) is 15.6. The van der Waals surface area contributed by atoms with Gasteiger partial charge in [-0.15, -0.1) is 0 Å². The average molecular weight is 418 g/mol. The molecule has 0 N–H and O–H groups in total. The van der Waals surface area contributed by atoms with E-state index in [1.54, 1.807) is 6.92 Å². The maximum atomic E-state index is 12.3. The molecule has 2 aromatic carbocycles. The maximum Gasteiger partial charge on any atom is 0.351 e. The van der Waals surface area contributed by atoms with E-state index in [0.717, 1.165) is 6.07 Å². The van der Waals surface area contributed by atoms with Crippen molar-refractivity contribution in [2.75, 3.05) is 6.61 Å². The fourth-order valence-corrected chi connectivity index (χ4v) is 2.64. The van der Waals surface area contributed by atoms with Gasteiger partial charge in [0.15, 0.2) is 0 Å². The van der Waals surface area contributed by atoms with Crippen molar-refractivity contribution in [2.45, 2.75) is 6.92 Å². The monoisotopic (exact) mass is 417 g/mol. The number of carbonyl (C=O) groups is 2. The van der Waals surface area contributed by atoms with Gasteiger partial charge in [0, 0.05) is 17.5 Å². The van der Waals surface area contributed by atoms with Gasteiger partial charge in [0.05, 0.1) is 17.1 Å². The first-order valence-electron chi connectivity index (χ1n) is 8.21. The first kappa shape index (κ1) is 20.0. The topological polar surface area (TPSA) is 126 Å². The average Bonchev–Trinajstić information content (AvgIpc) is 2.67. The highest BCUT2D eigenvalue weighted by molar-refractivity contribution is 6.32. The summed E-state index contributed by atoms with van der Waals surface area (Å²) in [6.07, 6.45) is 0. The minimum absolute atomic E-state index is 0.0344. The molecule has 0 saturated heterocycles. The van der Waals surface area contributed by atoms with Gasteiger partial charge >= 0.3 is 17.6 Å². The third-order valence-corrected chi connectivity index (χ3v) is 4.11. The van der Waals surface area contributed by atoms with Crippen LogP contribution >= 0.6 is 11.6 Å². The van der Waals surface area contributed by atoms with Gasteiger partial charge in [-0.25, -0.2) is 14.4 Å². The molecule has 1 aromatic heterocycles. The number of ether oxygens (including phenoxy) is 2. The molecule has 0 bridgehead atoms. The van der Waals surface area contributed by atoms with Crippen LogP contribution in [0.2, 0.25) is 5.02 Å². The molecule has 0 fully saturated rings.